The van der Waals surface area contributed by atoms with Crippen LogP contribution >= 0.6 is 0 Å². The third-order valence-corrected chi connectivity index (χ3v) is 3.84. The molecule has 0 fully saturated rings. The van der Waals surface area contributed by atoms with Crippen LogP contribution in [0.15, 0.2) is 24.3 Å². The molecule has 0 saturated heterocycles. The van der Waals surface area contributed by atoms with Crippen molar-refractivity contribution in [3.8, 4) is 0 Å². The van der Waals surface area contributed by atoms with E-state index in [-0.39, 0.29) is 5.82 Å². The van der Waals surface area contributed by atoms with Gasteiger partial charge in [-0.25, -0.2) is 14.4 Å². The summed E-state index contributed by atoms with van der Waals surface area (Å²) in [6, 6.07) is 6.60. The van der Waals surface area contributed by atoms with Crippen molar-refractivity contribution in [1.29, 1.82) is 0 Å². The van der Waals surface area contributed by atoms with Crippen LogP contribution in [0.3, 0.4) is 0 Å². The number of anilines is 1. The molecule has 2 heterocycles. The molecule has 0 aliphatic rings. The maximum atomic E-state index is 13.4. The number of nitrogens with zero attached hydrogens (tertiary/aromatic N) is 3. The highest BCUT2D eigenvalue weighted by Crippen LogP contribution is 2.28. The fourth-order valence-electron chi connectivity index (χ4n) is 2.69. The van der Waals surface area contributed by atoms with Gasteiger partial charge in [-0.15, -0.1) is 0 Å². The van der Waals surface area contributed by atoms with Crippen molar-refractivity contribution in [3.63, 3.8) is 0 Å². The smallest absolute Gasteiger partial charge is 0.146 e. The summed E-state index contributed by atoms with van der Waals surface area (Å²) in [5.74, 6) is 0.901. The number of nitrogen functional groups attached to an aromatic ring is 1. The molecule has 0 atom stereocenters. The Morgan fingerprint density at radius 3 is 2.67 bits per heavy atom. The highest BCUT2D eigenvalue weighted by atomic mass is 19.1. The van der Waals surface area contributed by atoms with E-state index in [0.717, 1.165) is 27.9 Å². The molecule has 5 heteroatoms. The van der Waals surface area contributed by atoms with Crippen LogP contribution in [0.1, 0.15) is 22.6 Å². The van der Waals surface area contributed by atoms with E-state index in [2.05, 4.69) is 14.5 Å². The largest absolute Gasteiger partial charge is 0.383 e. The molecule has 1 aromatic carbocycles. The molecule has 0 unspecified atom stereocenters. The Hall–Kier alpha value is -2.43. The number of benzene rings is 1. The minimum atomic E-state index is -0.233. The average molecular weight is 284 g/mol. The number of hydrogen-bond acceptors (Lipinski definition) is 3. The molecule has 108 valence electrons. The number of rotatable bonds is 2. The first-order chi connectivity index (χ1) is 9.97. The van der Waals surface area contributed by atoms with E-state index in [1.165, 1.54) is 12.1 Å². The molecule has 0 aliphatic carbocycles. The molecule has 21 heavy (non-hydrogen) atoms. The van der Waals surface area contributed by atoms with Crippen molar-refractivity contribution in [2.45, 2.75) is 27.3 Å². The first-order valence-corrected chi connectivity index (χ1v) is 6.81. The lowest BCUT2D eigenvalue weighted by atomic mass is 10.2. The van der Waals surface area contributed by atoms with Gasteiger partial charge >= 0.3 is 0 Å². The highest BCUT2D eigenvalue weighted by Gasteiger charge is 2.16. The topological polar surface area (TPSA) is 56.7 Å². The van der Waals surface area contributed by atoms with Gasteiger partial charge in [0.25, 0.3) is 0 Å². The second kappa shape index (κ2) is 4.84. The van der Waals surface area contributed by atoms with Gasteiger partial charge in [-0.1, -0.05) is 12.1 Å². The zero-order valence-electron chi connectivity index (χ0n) is 12.3. The zero-order chi connectivity index (χ0) is 15.1. The summed E-state index contributed by atoms with van der Waals surface area (Å²) in [5.41, 5.74) is 9.87. The van der Waals surface area contributed by atoms with Crippen molar-refractivity contribution in [2.75, 3.05) is 5.73 Å². The lowest BCUT2D eigenvalue weighted by Crippen LogP contribution is -2.05. The third-order valence-electron chi connectivity index (χ3n) is 3.84. The fourth-order valence-corrected chi connectivity index (χ4v) is 2.69. The molecule has 0 bridgehead atoms. The molecule has 0 amide bonds. The summed E-state index contributed by atoms with van der Waals surface area (Å²) < 4.78 is 15.4. The monoisotopic (exact) mass is 284 g/mol. The van der Waals surface area contributed by atoms with Gasteiger partial charge in [0.1, 0.15) is 23.1 Å². The first-order valence-electron chi connectivity index (χ1n) is 6.81. The second-order valence-corrected chi connectivity index (χ2v) is 5.28. The van der Waals surface area contributed by atoms with Crippen LogP contribution in [0.2, 0.25) is 0 Å². The van der Waals surface area contributed by atoms with Gasteiger partial charge in [0.2, 0.25) is 0 Å². The standard InChI is InChI=1S/C16H17FN4/c1-9-10(2)21(8-12-5-4-6-13(17)7-12)16-14(9)15(18)19-11(3)20-16/h4-7H,8H2,1-3H3,(H2,18,19,20). The van der Waals surface area contributed by atoms with Gasteiger partial charge in [-0.2, -0.15) is 0 Å². The number of nitrogens with two attached hydrogens (primary N) is 1. The predicted octanol–water partition coefficient (Wildman–Crippen LogP) is 3.13. The lowest BCUT2D eigenvalue weighted by Gasteiger charge is -2.08. The zero-order valence-corrected chi connectivity index (χ0v) is 12.3. The quantitative estimate of drug-likeness (QED) is 0.786. The summed E-state index contributed by atoms with van der Waals surface area (Å²) >= 11 is 0. The van der Waals surface area contributed by atoms with Gasteiger partial charge in [0.05, 0.1) is 5.39 Å². The maximum Gasteiger partial charge on any atom is 0.146 e. The highest BCUT2D eigenvalue weighted by molar-refractivity contribution is 5.91. The Balaban J connectivity index is 2.20. The third kappa shape index (κ3) is 2.24. The molecular formula is C16H17FN4. The van der Waals surface area contributed by atoms with Crippen LogP contribution in [0.4, 0.5) is 10.2 Å². The Kier molecular flexibility index (Phi) is 3.12. The Morgan fingerprint density at radius 1 is 1.19 bits per heavy atom. The number of aromatic nitrogens is 3. The van der Waals surface area contributed by atoms with E-state index in [4.69, 9.17) is 5.73 Å². The van der Waals surface area contributed by atoms with E-state index in [1.54, 1.807) is 6.07 Å². The molecular weight excluding hydrogens is 267 g/mol. The van der Waals surface area contributed by atoms with Crippen LogP contribution in [0.5, 0.6) is 0 Å². The molecule has 0 spiro atoms. The van der Waals surface area contributed by atoms with Gasteiger partial charge in [-0.05, 0) is 44.0 Å². The normalized spacial score (nSPS) is 11.2. The fraction of sp³-hybridized carbons (Fsp3) is 0.250. The molecule has 2 aromatic heterocycles. The van der Waals surface area contributed by atoms with Crippen molar-refractivity contribution in [1.82, 2.24) is 14.5 Å². The Labute approximate surface area is 122 Å². The number of hydrogen-bond donors (Lipinski definition) is 1. The number of aryl methyl sites for hydroxylation is 2. The van der Waals surface area contributed by atoms with Gasteiger partial charge in [0, 0.05) is 12.2 Å². The van der Waals surface area contributed by atoms with Crippen LogP contribution < -0.4 is 5.73 Å². The molecule has 3 aromatic rings. The van der Waals surface area contributed by atoms with Crippen molar-refractivity contribution in [3.05, 3.63) is 52.7 Å². The predicted molar refractivity (Wildman–Crippen MR) is 81.7 cm³/mol. The molecule has 4 nitrogen and oxygen atoms in total. The van der Waals surface area contributed by atoms with E-state index in [1.807, 2.05) is 26.8 Å². The van der Waals surface area contributed by atoms with Crippen LogP contribution in [-0.2, 0) is 6.54 Å². The SMILES string of the molecule is Cc1nc(N)c2c(C)c(C)n(Cc3cccc(F)c3)c2n1. The van der Waals surface area contributed by atoms with E-state index >= 15 is 0 Å². The minimum absolute atomic E-state index is 0.233. The lowest BCUT2D eigenvalue weighted by molar-refractivity contribution is 0.623. The summed E-state index contributed by atoms with van der Waals surface area (Å²) in [4.78, 5) is 8.75. The van der Waals surface area contributed by atoms with E-state index < -0.39 is 0 Å². The van der Waals surface area contributed by atoms with Crippen molar-refractivity contribution in [2.24, 2.45) is 0 Å². The van der Waals surface area contributed by atoms with Crippen LogP contribution in [0, 0.1) is 26.6 Å². The van der Waals surface area contributed by atoms with E-state index in [0.29, 0.717) is 18.2 Å². The average Bonchev–Trinajstić information content (AvgIpc) is 2.64. The van der Waals surface area contributed by atoms with Crippen molar-refractivity contribution < 1.29 is 4.39 Å². The summed E-state index contributed by atoms with van der Waals surface area (Å²) in [6.07, 6.45) is 0. The molecule has 0 saturated carbocycles. The summed E-state index contributed by atoms with van der Waals surface area (Å²) in [5, 5.41) is 0.884. The second-order valence-electron chi connectivity index (χ2n) is 5.28. The van der Waals surface area contributed by atoms with Gasteiger partial charge < -0.3 is 10.3 Å². The summed E-state index contributed by atoms with van der Waals surface area (Å²) in [6.45, 7) is 6.41. The van der Waals surface area contributed by atoms with Gasteiger partial charge in [-0.3, -0.25) is 0 Å². The Morgan fingerprint density at radius 2 is 1.95 bits per heavy atom. The van der Waals surface area contributed by atoms with Gasteiger partial charge in [0.15, 0.2) is 0 Å². The maximum absolute atomic E-state index is 13.4. The molecule has 0 aliphatic heterocycles. The number of halogens is 1. The van der Waals surface area contributed by atoms with Crippen molar-refractivity contribution >= 4 is 16.9 Å². The molecule has 3 rings (SSSR count). The molecule has 2 N–H and O–H groups in total. The van der Waals surface area contributed by atoms with Crippen LogP contribution in [-0.4, -0.2) is 14.5 Å². The van der Waals surface area contributed by atoms with E-state index in [9.17, 15) is 4.39 Å². The number of fused-ring (bicyclic) bond motifs is 1. The summed E-state index contributed by atoms with van der Waals surface area (Å²) in [7, 11) is 0. The first kappa shape index (κ1) is 13.5. The Bertz CT molecular complexity index is 836. The molecule has 0 radical (unpaired) electrons. The van der Waals surface area contributed by atoms with Crippen LogP contribution in [0.25, 0.3) is 11.0 Å². The minimum Gasteiger partial charge on any atom is -0.383 e.